The van der Waals surface area contributed by atoms with Crippen LogP contribution in [0.3, 0.4) is 0 Å². The van der Waals surface area contributed by atoms with Crippen molar-refractivity contribution in [1.29, 1.82) is 0 Å². The number of hydrogen-bond donors (Lipinski definition) is 1. The van der Waals surface area contributed by atoms with Crippen LogP contribution in [0, 0.1) is 0 Å². The third kappa shape index (κ3) is 5.24. The number of carbonyl (C=O) groups excluding carboxylic acids is 1. The summed E-state index contributed by atoms with van der Waals surface area (Å²) in [6.45, 7) is 0. The van der Waals surface area contributed by atoms with Crippen molar-refractivity contribution in [2.45, 2.75) is 4.90 Å². The Morgan fingerprint density at radius 3 is 2.55 bits per heavy atom. The average molecular weight is 479 g/mol. The number of nitrogens with one attached hydrogen (secondary N) is 1. The molecule has 10 heteroatoms. The van der Waals surface area contributed by atoms with Crippen molar-refractivity contribution in [1.82, 2.24) is 4.83 Å². The van der Waals surface area contributed by atoms with Crippen LogP contribution in [0.5, 0.6) is 11.5 Å². The maximum absolute atomic E-state index is 12.2. The number of rotatable bonds is 7. The van der Waals surface area contributed by atoms with Crippen molar-refractivity contribution in [3.63, 3.8) is 0 Å². The maximum atomic E-state index is 12.2. The summed E-state index contributed by atoms with van der Waals surface area (Å²) in [5.41, 5.74) is 0.526. The number of halogens is 1. The van der Waals surface area contributed by atoms with Crippen LogP contribution in [-0.2, 0) is 10.0 Å². The Bertz CT molecular complexity index is 1130. The zero-order valence-electron chi connectivity index (χ0n) is 15.0. The minimum atomic E-state index is -3.79. The molecule has 0 aliphatic rings. The molecule has 0 aliphatic heterocycles. The predicted octanol–water partition coefficient (Wildman–Crippen LogP) is 3.58. The molecule has 0 saturated heterocycles. The first-order valence-corrected chi connectivity index (χ1v) is 10.4. The van der Waals surface area contributed by atoms with Gasteiger partial charge in [-0.15, -0.1) is 0 Å². The smallest absolute Gasteiger partial charge is 0.379 e. The molecule has 0 unspecified atom stereocenters. The van der Waals surface area contributed by atoms with Gasteiger partial charge in [0, 0.05) is 4.47 Å². The van der Waals surface area contributed by atoms with Gasteiger partial charge >= 0.3 is 5.97 Å². The number of ether oxygens (including phenoxy) is 2. The quantitative estimate of drug-likeness (QED) is 0.240. The standard InChI is InChI=1S/C19H15BrN2O6S/c1-26-18-11-13(4-9-16(18)28-19(23)17-3-2-10-27-17)12-21-22-29(24,25)15-7-5-14(20)6-8-15/h2-12,22H,1H3/b21-12-. The molecule has 1 heterocycles. The topological polar surface area (TPSA) is 107 Å². The molecule has 1 N–H and O–H groups in total. The van der Waals surface area contributed by atoms with E-state index < -0.39 is 16.0 Å². The number of carbonyl (C=O) groups is 1. The van der Waals surface area contributed by atoms with Gasteiger partial charge in [-0.05, 0) is 60.2 Å². The van der Waals surface area contributed by atoms with Crippen LogP contribution in [0.15, 0.2) is 79.7 Å². The van der Waals surface area contributed by atoms with E-state index in [-0.39, 0.29) is 22.2 Å². The summed E-state index contributed by atoms with van der Waals surface area (Å²) in [6, 6.07) is 13.8. The summed E-state index contributed by atoms with van der Waals surface area (Å²) in [5, 5.41) is 3.77. The number of nitrogens with zero attached hydrogens (tertiary/aromatic N) is 1. The van der Waals surface area contributed by atoms with Crippen molar-refractivity contribution < 1.29 is 27.1 Å². The molecule has 0 radical (unpaired) electrons. The Morgan fingerprint density at radius 1 is 1.14 bits per heavy atom. The fourth-order valence-electron chi connectivity index (χ4n) is 2.23. The highest BCUT2D eigenvalue weighted by Gasteiger charge is 2.15. The molecule has 0 spiro atoms. The molecule has 0 fully saturated rings. The molecular formula is C19H15BrN2O6S. The first-order valence-electron chi connectivity index (χ1n) is 8.13. The molecule has 1 aromatic heterocycles. The highest BCUT2D eigenvalue weighted by Crippen LogP contribution is 2.28. The van der Waals surface area contributed by atoms with Crippen LogP contribution in [0.4, 0.5) is 0 Å². The zero-order chi connectivity index (χ0) is 20.9. The highest BCUT2D eigenvalue weighted by atomic mass is 79.9. The predicted molar refractivity (Wildman–Crippen MR) is 109 cm³/mol. The number of furan rings is 1. The van der Waals surface area contributed by atoms with Gasteiger partial charge in [0.15, 0.2) is 11.5 Å². The van der Waals surface area contributed by atoms with Crippen molar-refractivity contribution in [2.24, 2.45) is 5.10 Å². The van der Waals surface area contributed by atoms with E-state index in [2.05, 4.69) is 25.9 Å². The van der Waals surface area contributed by atoms with Gasteiger partial charge < -0.3 is 13.9 Å². The number of hydrogen-bond acceptors (Lipinski definition) is 7. The lowest BCUT2D eigenvalue weighted by Gasteiger charge is -2.09. The minimum Gasteiger partial charge on any atom is -0.493 e. The van der Waals surface area contributed by atoms with E-state index in [1.165, 1.54) is 43.9 Å². The van der Waals surface area contributed by atoms with E-state index in [4.69, 9.17) is 13.9 Å². The lowest BCUT2D eigenvalue weighted by molar-refractivity contribution is 0.0696. The van der Waals surface area contributed by atoms with Crippen molar-refractivity contribution in [3.05, 3.63) is 76.7 Å². The van der Waals surface area contributed by atoms with Crippen LogP contribution in [0.1, 0.15) is 16.1 Å². The molecule has 8 nitrogen and oxygen atoms in total. The number of hydrazone groups is 1. The van der Waals surface area contributed by atoms with Gasteiger partial charge in [0.1, 0.15) is 0 Å². The number of benzene rings is 2. The second kappa shape index (κ2) is 8.93. The summed E-state index contributed by atoms with van der Waals surface area (Å²) >= 11 is 3.25. The molecule has 0 amide bonds. The van der Waals surface area contributed by atoms with Crippen molar-refractivity contribution in [2.75, 3.05) is 7.11 Å². The van der Waals surface area contributed by atoms with E-state index in [0.29, 0.717) is 5.56 Å². The normalized spacial score (nSPS) is 11.4. The number of methoxy groups -OCH3 is 1. The lowest BCUT2D eigenvalue weighted by atomic mass is 10.2. The monoisotopic (exact) mass is 478 g/mol. The van der Waals surface area contributed by atoms with Gasteiger partial charge in [0.25, 0.3) is 10.0 Å². The average Bonchev–Trinajstić information content (AvgIpc) is 3.24. The minimum absolute atomic E-state index is 0.0556. The van der Waals surface area contributed by atoms with Crippen molar-refractivity contribution in [3.8, 4) is 11.5 Å². The van der Waals surface area contributed by atoms with Gasteiger partial charge in [-0.1, -0.05) is 15.9 Å². The van der Waals surface area contributed by atoms with E-state index in [1.54, 1.807) is 30.3 Å². The Morgan fingerprint density at radius 2 is 1.90 bits per heavy atom. The van der Waals surface area contributed by atoms with Crippen LogP contribution in [0.25, 0.3) is 0 Å². The summed E-state index contributed by atoms with van der Waals surface area (Å²) in [4.78, 5) is 14.2. The summed E-state index contributed by atoms with van der Waals surface area (Å²) in [5.74, 6) is -0.164. The van der Waals surface area contributed by atoms with Gasteiger partial charge in [0.2, 0.25) is 5.76 Å². The van der Waals surface area contributed by atoms with Crippen LogP contribution in [0.2, 0.25) is 0 Å². The summed E-state index contributed by atoms with van der Waals surface area (Å²) in [7, 11) is -2.38. The number of sulfonamides is 1. The second-order valence-corrected chi connectivity index (χ2v) is 8.16. The molecule has 0 bridgehead atoms. The summed E-state index contributed by atoms with van der Waals surface area (Å²) < 4.78 is 40.6. The fraction of sp³-hybridized carbons (Fsp3) is 0.0526. The third-order valence-electron chi connectivity index (χ3n) is 3.62. The maximum Gasteiger partial charge on any atom is 0.379 e. The molecule has 0 aliphatic carbocycles. The van der Waals surface area contributed by atoms with E-state index in [0.717, 1.165) is 4.47 Å². The Labute approximate surface area is 175 Å². The highest BCUT2D eigenvalue weighted by molar-refractivity contribution is 9.10. The fourth-order valence-corrected chi connectivity index (χ4v) is 3.29. The van der Waals surface area contributed by atoms with Gasteiger partial charge in [-0.2, -0.15) is 13.5 Å². The number of esters is 1. The van der Waals surface area contributed by atoms with Crippen LogP contribution in [-0.4, -0.2) is 27.7 Å². The third-order valence-corrected chi connectivity index (χ3v) is 5.39. The first-order chi connectivity index (χ1) is 13.9. The Kier molecular flexibility index (Phi) is 6.35. The molecule has 0 atom stereocenters. The zero-order valence-corrected chi connectivity index (χ0v) is 17.4. The first kappa shape index (κ1) is 20.6. The SMILES string of the molecule is COc1cc(/C=N\NS(=O)(=O)c2ccc(Br)cc2)ccc1OC(=O)c1ccco1. The molecular weight excluding hydrogens is 464 g/mol. The van der Waals surface area contributed by atoms with E-state index in [1.807, 2.05) is 0 Å². The van der Waals surface area contributed by atoms with Crippen LogP contribution >= 0.6 is 15.9 Å². The van der Waals surface area contributed by atoms with Crippen molar-refractivity contribution >= 4 is 38.1 Å². The Hall–Kier alpha value is -3.11. The molecule has 0 saturated carbocycles. The molecule has 3 aromatic rings. The molecule has 2 aromatic carbocycles. The molecule has 3 rings (SSSR count). The van der Waals surface area contributed by atoms with E-state index in [9.17, 15) is 13.2 Å². The van der Waals surface area contributed by atoms with Gasteiger partial charge in [-0.25, -0.2) is 9.63 Å². The van der Waals surface area contributed by atoms with Crippen LogP contribution < -0.4 is 14.3 Å². The Balaban J connectivity index is 1.71. The van der Waals surface area contributed by atoms with Gasteiger partial charge in [-0.3, -0.25) is 0 Å². The molecule has 150 valence electrons. The van der Waals surface area contributed by atoms with E-state index >= 15 is 0 Å². The van der Waals surface area contributed by atoms with Gasteiger partial charge in [0.05, 0.1) is 24.5 Å². The summed E-state index contributed by atoms with van der Waals surface area (Å²) in [6.07, 6.45) is 2.67. The second-order valence-electron chi connectivity index (χ2n) is 5.58. The largest absolute Gasteiger partial charge is 0.493 e. The lowest BCUT2D eigenvalue weighted by Crippen LogP contribution is -2.18. The molecule has 29 heavy (non-hydrogen) atoms.